The van der Waals surface area contributed by atoms with Gasteiger partial charge in [0.1, 0.15) is 13.2 Å². The normalized spacial score (nSPS) is 11.0. The molecule has 1 N–H and O–H groups in total. The molecular formula is C24H20N4O4. The molecule has 1 aromatic heterocycles. The second-order valence-electron chi connectivity index (χ2n) is 7.08. The standard InChI is InChI=1S/C24H20N4O4/c29-24(26-20-8-2-1-3-9-20)16-27-15-19(22-11-4-5-12-23(22)27)14-25-32-17-18-7-6-10-21(13-18)28(30)31/h1-15H,16-17H2,(H,26,29)/b25-14-. The summed E-state index contributed by atoms with van der Waals surface area (Å²) in [5, 5.41) is 18.7. The van der Waals surface area contributed by atoms with Gasteiger partial charge in [0.15, 0.2) is 0 Å². The maximum atomic E-state index is 12.5. The van der Waals surface area contributed by atoms with Crippen LogP contribution in [-0.4, -0.2) is 21.6 Å². The molecule has 3 aromatic carbocycles. The van der Waals surface area contributed by atoms with Crippen LogP contribution in [0.5, 0.6) is 0 Å². The molecule has 0 fully saturated rings. The molecule has 0 aliphatic rings. The number of nitro benzene ring substituents is 1. The summed E-state index contributed by atoms with van der Waals surface area (Å²) in [5.74, 6) is -0.137. The SMILES string of the molecule is O=C(Cn1cc(/C=N\OCc2cccc([N+](=O)[O-])c2)c2ccccc21)Nc1ccccc1. The number of non-ortho nitro benzene ring substituents is 1. The highest BCUT2D eigenvalue weighted by molar-refractivity contribution is 6.00. The molecule has 8 heteroatoms. The van der Waals surface area contributed by atoms with Crippen molar-refractivity contribution in [2.75, 3.05) is 5.32 Å². The van der Waals surface area contributed by atoms with Crippen LogP contribution in [0, 0.1) is 10.1 Å². The Morgan fingerprint density at radius 2 is 1.84 bits per heavy atom. The van der Waals surface area contributed by atoms with Crippen molar-refractivity contribution >= 4 is 34.4 Å². The summed E-state index contributed by atoms with van der Waals surface area (Å²) in [6.45, 7) is 0.258. The molecule has 0 bridgehead atoms. The van der Waals surface area contributed by atoms with Crippen LogP contribution in [0.15, 0.2) is 90.2 Å². The molecule has 0 radical (unpaired) electrons. The summed E-state index contributed by atoms with van der Waals surface area (Å²) in [7, 11) is 0. The number of hydrogen-bond acceptors (Lipinski definition) is 5. The van der Waals surface area contributed by atoms with E-state index in [2.05, 4.69) is 10.5 Å². The number of oxime groups is 1. The van der Waals surface area contributed by atoms with Crippen molar-refractivity contribution in [3.63, 3.8) is 0 Å². The van der Waals surface area contributed by atoms with Crippen LogP contribution in [-0.2, 0) is 22.8 Å². The lowest BCUT2D eigenvalue weighted by atomic mass is 10.2. The second-order valence-corrected chi connectivity index (χ2v) is 7.08. The Labute approximate surface area is 183 Å². The van der Waals surface area contributed by atoms with Crippen LogP contribution in [0.4, 0.5) is 11.4 Å². The third kappa shape index (κ3) is 4.99. The highest BCUT2D eigenvalue weighted by Crippen LogP contribution is 2.20. The van der Waals surface area contributed by atoms with Gasteiger partial charge in [0.2, 0.25) is 5.91 Å². The molecule has 8 nitrogen and oxygen atoms in total. The molecule has 4 aromatic rings. The van der Waals surface area contributed by atoms with Crippen LogP contribution in [0.2, 0.25) is 0 Å². The van der Waals surface area contributed by atoms with E-state index in [-0.39, 0.29) is 24.7 Å². The molecule has 0 saturated heterocycles. The fourth-order valence-corrected chi connectivity index (χ4v) is 3.35. The van der Waals surface area contributed by atoms with E-state index in [0.29, 0.717) is 5.56 Å². The van der Waals surface area contributed by atoms with Crippen molar-refractivity contribution in [1.82, 2.24) is 4.57 Å². The third-order valence-corrected chi connectivity index (χ3v) is 4.81. The first-order valence-electron chi connectivity index (χ1n) is 9.91. The number of fused-ring (bicyclic) bond motifs is 1. The van der Waals surface area contributed by atoms with Gasteiger partial charge in [0.25, 0.3) is 5.69 Å². The predicted molar refractivity (Wildman–Crippen MR) is 122 cm³/mol. The number of benzene rings is 3. The predicted octanol–water partition coefficient (Wildman–Crippen LogP) is 4.74. The van der Waals surface area contributed by atoms with Gasteiger partial charge >= 0.3 is 0 Å². The number of carbonyl (C=O) groups is 1. The minimum atomic E-state index is -0.449. The van der Waals surface area contributed by atoms with Crippen LogP contribution < -0.4 is 5.32 Å². The Morgan fingerprint density at radius 1 is 1.06 bits per heavy atom. The molecule has 160 valence electrons. The second kappa shape index (κ2) is 9.57. The lowest BCUT2D eigenvalue weighted by Gasteiger charge is -2.07. The van der Waals surface area contributed by atoms with Crippen LogP contribution in [0.1, 0.15) is 11.1 Å². The summed E-state index contributed by atoms with van der Waals surface area (Å²) in [5.41, 5.74) is 3.09. The van der Waals surface area contributed by atoms with Crippen molar-refractivity contribution in [3.8, 4) is 0 Å². The smallest absolute Gasteiger partial charge is 0.269 e. The molecule has 4 rings (SSSR count). The highest BCUT2D eigenvalue weighted by Gasteiger charge is 2.10. The Morgan fingerprint density at radius 3 is 2.66 bits per heavy atom. The Hall–Kier alpha value is -4.46. The van der Waals surface area contributed by atoms with Crippen molar-refractivity contribution in [2.24, 2.45) is 5.16 Å². The van der Waals surface area contributed by atoms with E-state index < -0.39 is 4.92 Å². The molecule has 0 unspecified atom stereocenters. The van der Waals surface area contributed by atoms with E-state index in [1.807, 2.05) is 65.4 Å². The Bertz CT molecular complexity index is 1280. The molecule has 0 spiro atoms. The number of carbonyl (C=O) groups excluding carboxylic acids is 1. The number of nitro groups is 1. The van der Waals surface area contributed by atoms with E-state index in [1.165, 1.54) is 12.1 Å². The first kappa shape index (κ1) is 20.8. The average molecular weight is 428 g/mol. The molecule has 0 aliphatic heterocycles. The van der Waals surface area contributed by atoms with E-state index >= 15 is 0 Å². The van der Waals surface area contributed by atoms with Gasteiger partial charge in [0, 0.05) is 40.5 Å². The molecule has 1 heterocycles. The van der Waals surface area contributed by atoms with Gasteiger partial charge in [-0.15, -0.1) is 0 Å². The Balaban J connectivity index is 1.45. The topological polar surface area (TPSA) is 98.8 Å². The number of rotatable bonds is 8. The van der Waals surface area contributed by atoms with Gasteiger partial charge in [-0.1, -0.05) is 53.7 Å². The maximum absolute atomic E-state index is 12.5. The van der Waals surface area contributed by atoms with E-state index in [4.69, 9.17) is 4.84 Å². The average Bonchev–Trinajstić information content (AvgIpc) is 3.15. The van der Waals surface area contributed by atoms with Crippen LogP contribution in [0.3, 0.4) is 0 Å². The number of nitrogens with zero attached hydrogens (tertiary/aromatic N) is 3. The first-order valence-corrected chi connectivity index (χ1v) is 9.91. The van der Waals surface area contributed by atoms with Gasteiger partial charge in [-0.25, -0.2) is 0 Å². The van der Waals surface area contributed by atoms with Gasteiger partial charge < -0.3 is 14.7 Å². The third-order valence-electron chi connectivity index (χ3n) is 4.81. The summed E-state index contributed by atoms with van der Waals surface area (Å²) in [6, 6.07) is 23.2. The van der Waals surface area contributed by atoms with Gasteiger partial charge in [-0.2, -0.15) is 0 Å². The van der Waals surface area contributed by atoms with Crippen molar-refractivity contribution in [1.29, 1.82) is 0 Å². The van der Waals surface area contributed by atoms with Crippen molar-refractivity contribution in [2.45, 2.75) is 13.2 Å². The lowest BCUT2D eigenvalue weighted by molar-refractivity contribution is -0.384. The van der Waals surface area contributed by atoms with Crippen LogP contribution in [0.25, 0.3) is 10.9 Å². The highest BCUT2D eigenvalue weighted by atomic mass is 16.6. The number of amides is 1. The summed E-state index contributed by atoms with van der Waals surface area (Å²) in [4.78, 5) is 28.3. The van der Waals surface area contributed by atoms with Crippen molar-refractivity contribution < 1.29 is 14.6 Å². The van der Waals surface area contributed by atoms with Crippen LogP contribution >= 0.6 is 0 Å². The van der Waals surface area contributed by atoms with Gasteiger partial charge in [-0.3, -0.25) is 14.9 Å². The zero-order valence-corrected chi connectivity index (χ0v) is 17.0. The lowest BCUT2D eigenvalue weighted by Crippen LogP contribution is -2.18. The number of para-hydroxylation sites is 2. The fraction of sp³-hybridized carbons (Fsp3) is 0.0833. The quantitative estimate of drug-likeness (QED) is 0.249. The minimum Gasteiger partial charge on any atom is -0.391 e. The molecule has 0 atom stereocenters. The van der Waals surface area contributed by atoms with Gasteiger partial charge in [-0.05, 0) is 23.8 Å². The first-order chi connectivity index (χ1) is 15.6. The number of hydrogen-bond donors (Lipinski definition) is 1. The molecule has 0 aliphatic carbocycles. The molecule has 1 amide bonds. The minimum absolute atomic E-state index is 0.00642. The summed E-state index contributed by atoms with van der Waals surface area (Å²) < 4.78 is 1.86. The molecular weight excluding hydrogens is 408 g/mol. The van der Waals surface area contributed by atoms with E-state index in [9.17, 15) is 14.9 Å². The maximum Gasteiger partial charge on any atom is 0.269 e. The van der Waals surface area contributed by atoms with Crippen molar-refractivity contribution in [3.05, 3.63) is 106 Å². The summed E-state index contributed by atoms with van der Waals surface area (Å²) in [6.07, 6.45) is 3.42. The number of anilines is 1. The zero-order valence-electron chi connectivity index (χ0n) is 17.0. The monoisotopic (exact) mass is 428 g/mol. The fourth-order valence-electron chi connectivity index (χ4n) is 3.35. The molecule has 32 heavy (non-hydrogen) atoms. The van der Waals surface area contributed by atoms with Gasteiger partial charge in [0.05, 0.1) is 11.1 Å². The van der Waals surface area contributed by atoms with E-state index in [0.717, 1.165) is 22.2 Å². The summed E-state index contributed by atoms with van der Waals surface area (Å²) >= 11 is 0. The Kier molecular flexibility index (Phi) is 6.22. The van der Waals surface area contributed by atoms with E-state index in [1.54, 1.807) is 18.3 Å². The number of nitrogens with one attached hydrogen (secondary N) is 1. The number of aromatic nitrogens is 1. The molecule has 0 saturated carbocycles. The largest absolute Gasteiger partial charge is 0.391 e. The zero-order chi connectivity index (χ0) is 22.3.